The van der Waals surface area contributed by atoms with Crippen molar-refractivity contribution in [3.63, 3.8) is 0 Å². The van der Waals surface area contributed by atoms with Gasteiger partial charge in [0.15, 0.2) is 0 Å². The van der Waals surface area contributed by atoms with Crippen LogP contribution in [-0.2, 0) is 9.53 Å². The molecule has 1 rings (SSSR count). The zero-order valence-electron chi connectivity index (χ0n) is 6.76. The summed E-state index contributed by atoms with van der Waals surface area (Å²) in [7, 11) is 0. The summed E-state index contributed by atoms with van der Waals surface area (Å²) in [6, 6.07) is -0.278. The van der Waals surface area contributed by atoms with E-state index in [9.17, 15) is 4.79 Å². The Morgan fingerprint density at radius 2 is 2.36 bits per heavy atom. The van der Waals surface area contributed by atoms with Gasteiger partial charge in [0, 0.05) is 6.54 Å². The van der Waals surface area contributed by atoms with Crippen LogP contribution in [0, 0.1) is 0 Å². The summed E-state index contributed by atoms with van der Waals surface area (Å²) < 4.78 is 5.41. The van der Waals surface area contributed by atoms with E-state index in [1.54, 1.807) is 0 Å². The van der Waals surface area contributed by atoms with Crippen molar-refractivity contribution in [1.82, 2.24) is 5.32 Å². The molecule has 1 N–H and O–H groups in total. The topological polar surface area (TPSA) is 38.3 Å². The van der Waals surface area contributed by atoms with E-state index in [-0.39, 0.29) is 11.2 Å². The third-order valence-electron chi connectivity index (χ3n) is 1.87. The minimum atomic E-state index is -0.420. The summed E-state index contributed by atoms with van der Waals surface area (Å²) in [5.41, 5.74) is -0.420. The molecule has 3 nitrogen and oxygen atoms in total. The first kappa shape index (κ1) is 9.03. The Balaban J connectivity index is 2.67. The van der Waals surface area contributed by atoms with E-state index >= 15 is 0 Å². The second kappa shape index (κ2) is 3.13. The molecule has 0 radical (unpaired) electrons. The van der Waals surface area contributed by atoms with Crippen molar-refractivity contribution < 1.29 is 9.53 Å². The van der Waals surface area contributed by atoms with Gasteiger partial charge in [-0.2, -0.15) is 0 Å². The van der Waals surface area contributed by atoms with Gasteiger partial charge in [-0.15, -0.1) is 12.6 Å². The van der Waals surface area contributed by atoms with Crippen molar-refractivity contribution >= 4 is 17.7 Å². The summed E-state index contributed by atoms with van der Waals surface area (Å²) in [4.78, 5) is 10.9. The number of carbonyl (C=O) groups excluding carboxylic acids is 1. The number of rotatable bonds is 1. The molecule has 0 unspecified atom stereocenters. The quantitative estimate of drug-likeness (QED) is 0.560. The lowest BCUT2D eigenvalue weighted by Gasteiger charge is -2.37. The van der Waals surface area contributed by atoms with Crippen LogP contribution in [0.15, 0.2) is 0 Å². The van der Waals surface area contributed by atoms with Gasteiger partial charge in [-0.25, -0.2) is 0 Å². The van der Waals surface area contributed by atoms with Crippen LogP contribution in [-0.4, -0.2) is 29.9 Å². The van der Waals surface area contributed by atoms with Crippen LogP contribution in [0.3, 0.4) is 0 Å². The molecule has 0 saturated carbocycles. The van der Waals surface area contributed by atoms with E-state index in [0.717, 1.165) is 6.54 Å². The third kappa shape index (κ3) is 1.95. The molecule has 1 atom stereocenters. The van der Waals surface area contributed by atoms with Gasteiger partial charge in [0.25, 0.3) is 0 Å². The Bertz CT molecular complexity index is 170. The fourth-order valence-corrected chi connectivity index (χ4v) is 1.63. The van der Waals surface area contributed by atoms with Gasteiger partial charge in [0.1, 0.15) is 6.04 Å². The van der Waals surface area contributed by atoms with Crippen molar-refractivity contribution in [2.75, 3.05) is 13.2 Å². The lowest BCUT2D eigenvalue weighted by Crippen LogP contribution is -2.57. The highest BCUT2D eigenvalue weighted by Gasteiger charge is 2.36. The molecule has 0 bridgehead atoms. The predicted octanol–water partition coefficient (Wildman–Crippen LogP) is 0.210. The van der Waals surface area contributed by atoms with Gasteiger partial charge < -0.3 is 10.1 Å². The fraction of sp³-hybridized carbons (Fsp3) is 0.857. The van der Waals surface area contributed by atoms with Gasteiger partial charge in [-0.1, -0.05) is 0 Å². The van der Waals surface area contributed by atoms with Crippen molar-refractivity contribution in [2.45, 2.75) is 25.5 Å². The number of ether oxygens (including phenoxy) is 1. The largest absolute Gasteiger partial charge is 0.372 e. The minimum Gasteiger partial charge on any atom is -0.372 e. The van der Waals surface area contributed by atoms with Crippen LogP contribution in [0.5, 0.6) is 0 Å². The van der Waals surface area contributed by atoms with E-state index in [1.807, 2.05) is 13.8 Å². The standard InChI is InChI=1S/C7H13NO2S/c1-7(2)5(6(9)11)8-3-4-10-7/h5,8H,3-4H2,1-2H3,(H,9,11)/t5-/m0/s1. The van der Waals surface area contributed by atoms with Gasteiger partial charge in [-0.05, 0) is 13.8 Å². The van der Waals surface area contributed by atoms with Crippen molar-refractivity contribution in [2.24, 2.45) is 0 Å². The summed E-state index contributed by atoms with van der Waals surface area (Å²) in [5, 5.41) is 2.90. The van der Waals surface area contributed by atoms with E-state index in [0.29, 0.717) is 6.61 Å². The molecular formula is C7H13NO2S. The molecule has 0 amide bonds. The zero-order chi connectivity index (χ0) is 8.48. The molecule has 1 aliphatic heterocycles. The summed E-state index contributed by atoms with van der Waals surface area (Å²) in [6.07, 6.45) is 0. The summed E-state index contributed by atoms with van der Waals surface area (Å²) in [5.74, 6) is 0. The highest BCUT2D eigenvalue weighted by atomic mass is 32.1. The van der Waals surface area contributed by atoms with E-state index in [2.05, 4.69) is 17.9 Å². The number of hydrogen-bond donors (Lipinski definition) is 2. The Kier molecular flexibility index (Phi) is 2.57. The fourth-order valence-electron chi connectivity index (χ4n) is 1.23. The number of carbonyl (C=O) groups is 1. The predicted molar refractivity (Wildman–Crippen MR) is 45.8 cm³/mol. The first-order chi connectivity index (χ1) is 5.04. The Hall–Kier alpha value is -0.0600. The molecule has 11 heavy (non-hydrogen) atoms. The first-order valence-corrected chi connectivity index (χ1v) is 4.09. The molecule has 64 valence electrons. The molecule has 0 aliphatic carbocycles. The molecule has 1 saturated heterocycles. The van der Waals surface area contributed by atoms with Gasteiger partial charge in [0.2, 0.25) is 5.12 Å². The second-order valence-electron chi connectivity index (χ2n) is 3.18. The molecule has 1 fully saturated rings. The van der Waals surface area contributed by atoms with E-state index < -0.39 is 5.60 Å². The molecule has 1 aliphatic rings. The second-order valence-corrected chi connectivity index (χ2v) is 3.62. The maximum absolute atomic E-state index is 10.9. The molecular weight excluding hydrogens is 162 g/mol. The highest BCUT2D eigenvalue weighted by Crippen LogP contribution is 2.19. The van der Waals surface area contributed by atoms with Crippen LogP contribution < -0.4 is 5.32 Å². The number of nitrogens with one attached hydrogen (secondary N) is 1. The Morgan fingerprint density at radius 3 is 2.73 bits per heavy atom. The van der Waals surface area contributed by atoms with Crippen LogP contribution in [0.4, 0.5) is 0 Å². The van der Waals surface area contributed by atoms with Crippen molar-refractivity contribution in [1.29, 1.82) is 0 Å². The van der Waals surface area contributed by atoms with E-state index in [1.165, 1.54) is 0 Å². The monoisotopic (exact) mass is 175 g/mol. The number of hydrogen-bond acceptors (Lipinski definition) is 3. The smallest absolute Gasteiger partial charge is 0.205 e. The van der Waals surface area contributed by atoms with Gasteiger partial charge in [-0.3, -0.25) is 4.79 Å². The molecule has 0 aromatic heterocycles. The summed E-state index contributed by atoms with van der Waals surface area (Å²) >= 11 is 3.77. The third-order valence-corrected chi connectivity index (χ3v) is 2.12. The van der Waals surface area contributed by atoms with Crippen molar-refractivity contribution in [3.8, 4) is 0 Å². The number of morpholine rings is 1. The number of thiol groups is 1. The molecule has 0 spiro atoms. The van der Waals surface area contributed by atoms with E-state index in [4.69, 9.17) is 4.74 Å². The first-order valence-electron chi connectivity index (χ1n) is 3.64. The average Bonchev–Trinajstić information content (AvgIpc) is 1.85. The van der Waals surface area contributed by atoms with Gasteiger partial charge >= 0.3 is 0 Å². The SMILES string of the molecule is CC1(C)OCCN[C@H]1C(=O)S. The minimum absolute atomic E-state index is 0.158. The lowest BCUT2D eigenvalue weighted by molar-refractivity contribution is -0.126. The van der Waals surface area contributed by atoms with Crippen LogP contribution in [0.1, 0.15) is 13.8 Å². The Morgan fingerprint density at radius 1 is 1.73 bits per heavy atom. The van der Waals surface area contributed by atoms with Crippen LogP contribution in [0.25, 0.3) is 0 Å². The lowest BCUT2D eigenvalue weighted by atomic mass is 9.98. The summed E-state index contributed by atoms with van der Waals surface area (Å²) in [6.45, 7) is 5.15. The highest BCUT2D eigenvalue weighted by molar-refractivity contribution is 7.96. The van der Waals surface area contributed by atoms with Crippen LogP contribution >= 0.6 is 12.6 Å². The average molecular weight is 175 g/mol. The molecule has 0 aromatic carbocycles. The molecule has 4 heteroatoms. The normalized spacial score (nSPS) is 29.9. The zero-order valence-corrected chi connectivity index (χ0v) is 7.65. The van der Waals surface area contributed by atoms with Crippen LogP contribution in [0.2, 0.25) is 0 Å². The molecule has 0 aromatic rings. The molecule has 1 heterocycles. The maximum atomic E-state index is 10.9. The Labute approximate surface area is 71.9 Å². The maximum Gasteiger partial charge on any atom is 0.205 e. The van der Waals surface area contributed by atoms with Gasteiger partial charge in [0.05, 0.1) is 12.2 Å². The van der Waals surface area contributed by atoms with Crippen molar-refractivity contribution in [3.05, 3.63) is 0 Å².